The highest BCUT2D eigenvalue weighted by Crippen LogP contribution is 2.33. The van der Waals surface area contributed by atoms with Gasteiger partial charge in [-0.25, -0.2) is 4.98 Å². The maximum Gasteiger partial charge on any atom is 0.168 e. The molecule has 28 heavy (non-hydrogen) atoms. The third kappa shape index (κ3) is 4.47. The van der Waals surface area contributed by atoms with Crippen molar-refractivity contribution in [3.63, 3.8) is 0 Å². The van der Waals surface area contributed by atoms with E-state index < -0.39 is 0 Å². The number of aromatic hydroxyl groups is 1. The van der Waals surface area contributed by atoms with Crippen LogP contribution in [0.5, 0.6) is 5.75 Å². The number of fused-ring (bicyclic) bond motifs is 1. The smallest absolute Gasteiger partial charge is 0.168 e. The van der Waals surface area contributed by atoms with Gasteiger partial charge in [0.15, 0.2) is 11.6 Å². The Labute approximate surface area is 165 Å². The minimum Gasteiger partial charge on any atom is -0.504 e. The first-order valence-electron chi connectivity index (χ1n) is 10.0. The molecule has 3 aromatic heterocycles. The van der Waals surface area contributed by atoms with Crippen LogP contribution in [0.15, 0.2) is 55.1 Å². The molecule has 0 bridgehead atoms. The third-order valence-electron chi connectivity index (χ3n) is 5.39. The van der Waals surface area contributed by atoms with Gasteiger partial charge < -0.3 is 10.4 Å². The molecule has 4 rings (SSSR count). The molecule has 0 spiro atoms. The van der Waals surface area contributed by atoms with Crippen molar-refractivity contribution in [1.29, 1.82) is 0 Å². The summed E-state index contributed by atoms with van der Waals surface area (Å²) in [6.07, 6.45) is 13.8. The number of nitrogens with one attached hydrogen (secondary N) is 1. The maximum absolute atomic E-state index is 10.3. The average Bonchev–Trinajstić information content (AvgIpc) is 2.73. The van der Waals surface area contributed by atoms with Crippen LogP contribution in [-0.2, 0) is 12.8 Å². The van der Waals surface area contributed by atoms with E-state index in [1.54, 1.807) is 12.3 Å². The SMILES string of the molecule is Oc1cc(Cc2cccnc2)cnc1NCCCC1CCCc2cccnc21. The fourth-order valence-corrected chi connectivity index (χ4v) is 4.01. The molecule has 5 nitrogen and oxygen atoms in total. The zero-order valence-corrected chi connectivity index (χ0v) is 16.0. The highest BCUT2D eigenvalue weighted by molar-refractivity contribution is 5.50. The first kappa shape index (κ1) is 18.4. The summed E-state index contributed by atoms with van der Waals surface area (Å²) in [6.45, 7) is 0.793. The van der Waals surface area contributed by atoms with E-state index in [0.717, 1.165) is 36.9 Å². The minimum absolute atomic E-state index is 0.200. The van der Waals surface area contributed by atoms with E-state index in [1.165, 1.54) is 24.1 Å². The summed E-state index contributed by atoms with van der Waals surface area (Å²) >= 11 is 0. The van der Waals surface area contributed by atoms with E-state index in [4.69, 9.17) is 0 Å². The van der Waals surface area contributed by atoms with Crippen LogP contribution < -0.4 is 5.32 Å². The van der Waals surface area contributed by atoms with Gasteiger partial charge in [0.05, 0.1) is 0 Å². The summed E-state index contributed by atoms with van der Waals surface area (Å²) in [5.74, 6) is 1.30. The number of aromatic nitrogens is 3. The number of pyridine rings is 3. The van der Waals surface area contributed by atoms with Crippen molar-refractivity contribution in [2.24, 2.45) is 0 Å². The molecule has 0 fully saturated rings. The second kappa shape index (κ2) is 8.83. The zero-order chi connectivity index (χ0) is 19.2. The molecule has 5 heteroatoms. The van der Waals surface area contributed by atoms with Crippen LogP contribution in [-0.4, -0.2) is 26.6 Å². The van der Waals surface area contributed by atoms with Crippen molar-refractivity contribution in [2.75, 3.05) is 11.9 Å². The lowest BCUT2D eigenvalue weighted by atomic mass is 9.84. The highest BCUT2D eigenvalue weighted by Gasteiger charge is 2.20. The monoisotopic (exact) mass is 374 g/mol. The Balaban J connectivity index is 1.29. The summed E-state index contributed by atoms with van der Waals surface area (Å²) in [6, 6.07) is 9.97. The lowest BCUT2D eigenvalue weighted by molar-refractivity contribution is 0.473. The number of aryl methyl sites for hydroxylation is 1. The van der Waals surface area contributed by atoms with E-state index in [1.807, 2.05) is 36.8 Å². The van der Waals surface area contributed by atoms with Crippen molar-refractivity contribution in [3.8, 4) is 5.75 Å². The molecule has 3 heterocycles. The zero-order valence-electron chi connectivity index (χ0n) is 16.0. The van der Waals surface area contributed by atoms with Crippen LogP contribution in [0.4, 0.5) is 5.82 Å². The molecule has 0 saturated carbocycles. The Hall–Kier alpha value is -2.95. The molecule has 0 aromatic carbocycles. The number of rotatable bonds is 7. The van der Waals surface area contributed by atoms with Crippen LogP contribution in [0.25, 0.3) is 0 Å². The van der Waals surface area contributed by atoms with Gasteiger partial charge in [0.2, 0.25) is 0 Å². The lowest BCUT2D eigenvalue weighted by Gasteiger charge is -2.24. The van der Waals surface area contributed by atoms with Crippen LogP contribution in [0.3, 0.4) is 0 Å². The Morgan fingerprint density at radius 1 is 1.07 bits per heavy atom. The molecule has 1 aliphatic rings. The summed E-state index contributed by atoms with van der Waals surface area (Å²) < 4.78 is 0. The lowest BCUT2D eigenvalue weighted by Crippen LogP contribution is -2.13. The van der Waals surface area contributed by atoms with E-state index in [2.05, 4.69) is 26.3 Å². The van der Waals surface area contributed by atoms with E-state index in [9.17, 15) is 5.11 Å². The van der Waals surface area contributed by atoms with Crippen LogP contribution >= 0.6 is 0 Å². The van der Waals surface area contributed by atoms with Gasteiger partial charge in [0.1, 0.15) is 0 Å². The van der Waals surface area contributed by atoms with Gasteiger partial charge in [0.25, 0.3) is 0 Å². The van der Waals surface area contributed by atoms with Crippen molar-refractivity contribution >= 4 is 5.82 Å². The van der Waals surface area contributed by atoms with Gasteiger partial charge in [-0.2, -0.15) is 0 Å². The molecule has 1 aliphatic carbocycles. The molecule has 3 aromatic rings. The number of hydrogen-bond donors (Lipinski definition) is 2. The molecule has 1 atom stereocenters. The standard InChI is InChI=1S/C23H26N4O/c28-21-14-18(13-17-5-2-10-24-15-17)16-27-23(21)26-12-4-9-20-7-1-6-19-8-3-11-25-22(19)20/h2-3,5,8,10-11,14-16,20,28H,1,4,6-7,9,12-13H2,(H,26,27). The molecule has 0 radical (unpaired) electrons. The van der Waals surface area contributed by atoms with Gasteiger partial charge in [-0.05, 0) is 67.0 Å². The molecular weight excluding hydrogens is 348 g/mol. The van der Waals surface area contributed by atoms with Gasteiger partial charge >= 0.3 is 0 Å². The topological polar surface area (TPSA) is 70.9 Å². The Morgan fingerprint density at radius 3 is 2.86 bits per heavy atom. The first-order valence-corrected chi connectivity index (χ1v) is 10.0. The van der Waals surface area contributed by atoms with Crippen LogP contribution in [0.1, 0.15) is 54.0 Å². The predicted octanol–water partition coefficient (Wildman–Crippen LogP) is 4.48. The summed E-state index contributed by atoms with van der Waals surface area (Å²) in [5.41, 5.74) is 4.77. The van der Waals surface area contributed by atoms with Crippen molar-refractivity contribution in [1.82, 2.24) is 15.0 Å². The third-order valence-corrected chi connectivity index (χ3v) is 5.39. The fourth-order valence-electron chi connectivity index (χ4n) is 4.01. The Bertz CT molecular complexity index is 913. The molecule has 144 valence electrons. The molecular formula is C23H26N4O. The first-order chi connectivity index (χ1) is 13.8. The second-order valence-electron chi connectivity index (χ2n) is 7.46. The highest BCUT2D eigenvalue weighted by atomic mass is 16.3. The van der Waals surface area contributed by atoms with Crippen molar-refractivity contribution in [2.45, 2.75) is 44.4 Å². The predicted molar refractivity (Wildman–Crippen MR) is 111 cm³/mol. The summed E-state index contributed by atoms with van der Waals surface area (Å²) in [4.78, 5) is 13.1. The van der Waals surface area contributed by atoms with Gasteiger partial charge in [-0.1, -0.05) is 12.1 Å². The number of nitrogens with zero attached hydrogens (tertiary/aromatic N) is 3. The Morgan fingerprint density at radius 2 is 2.00 bits per heavy atom. The van der Waals surface area contributed by atoms with E-state index in [0.29, 0.717) is 18.2 Å². The largest absolute Gasteiger partial charge is 0.504 e. The molecule has 0 saturated heterocycles. The number of hydrogen-bond acceptors (Lipinski definition) is 5. The van der Waals surface area contributed by atoms with Gasteiger partial charge in [0, 0.05) is 49.4 Å². The maximum atomic E-state index is 10.3. The van der Waals surface area contributed by atoms with Crippen LogP contribution in [0.2, 0.25) is 0 Å². The van der Waals surface area contributed by atoms with Gasteiger partial charge in [-0.3, -0.25) is 9.97 Å². The average molecular weight is 374 g/mol. The summed E-state index contributed by atoms with van der Waals surface area (Å²) in [7, 11) is 0. The quantitative estimate of drug-likeness (QED) is 0.597. The van der Waals surface area contributed by atoms with Gasteiger partial charge in [-0.15, -0.1) is 0 Å². The molecule has 0 aliphatic heterocycles. The number of anilines is 1. The van der Waals surface area contributed by atoms with E-state index >= 15 is 0 Å². The van der Waals surface area contributed by atoms with Crippen molar-refractivity contribution in [3.05, 3.63) is 77.5 Å². The normalized spacial score (nSPS) is 15.8. The molecule has 1 unspecified atom stereocenters. The summed E-state index contributed by atoms with van der Waals surface area (Å²) in [5, 5.41) is 13.6. The van der Waals surface area contributed by atoms with E-state index in [-0.39, 0.29) is 5.75 Å². The minimum atomic E-state index is 0.200. The Kier molecular flexibility index (Phi) is 5.80. The van der Waals surface area contributed by atoms with Crippen molar-refractivity contribution < 1.29 is 5.11 Å². The fraction of sp³-hybridized carbons (Fsp3) is 0.348. The van der Waals surface area contributed by atoms with Crippen LogP contribution in [0, 0.1) is 0 Å². The molecule has 0 amide bonds. The molecule has 2 N–H and O–H groups in total. The second-order valence-corrected chi connectivity index (χ2v) is 7.46.